The van der Waals surface area contributed by atoms with Crippen LogP contribution in [0.5, 0.6) is 0 Å². The van der Waals surface area contributed by atoms with Crippen LogP contribution in [0.15, 0.2) is 133 Å². The maximum atomic E-state index is 2.45. The lowest BCUT2D eigenvalue weighted by molar-refractivity contribution is 0.724. The zero-order chi connectivity index (χ0) is 30.4. The molecule has 1 atom stereocenters. The molecule has 1 aliphatic rings. The van der Waals surface area contributed by atoms with Crippen molar-refractivity contribution in [1.82, 2.24) is 4.57 Å². The molecule has 0 radical (unpaired) electrons. The Morgan fingerprint density at radius 3 is 1.83 bits per heavy atom. The molecule has 3 aromatic heterocycles. The van der Waals surface area contributed by atoms with Crippen LogP contribution in [0.1, 0.15) is 17.4 Å². The Labute approximate surface area is 275 Å². The van der Waals surface area contributed by atoms with Crippen molar-refractivity contribution in [3.8, 4) is 27.9 Å². The van der Waals surface area contributed by atoms with Gasteiger partial charge in [0.05, 0.1) is 11.0 Å². The van der Waals surface area contributed by atoms with Crippen LogP contribution in [0.25, 0.3) is 86.1 Å². The topological polar surface area (TPSA) is 4.93 Å². The lowest BCUT2D eigenvalue weighted by Crippen LogP contribution is -2.00. The molecule has 1 unspecified atom stereocenters. The zero-order valence-electron chi connectivity index (χ0n) is 25.3. The highest BCUT2D eigenvalue weighted by molar-refractivity contribution is 7.25. The fourth-order valence-corrected chi connectivity index (χ4v) is 9.73. The summed E-state index contributed by atoms with van der Waals surface area (Å²) in [5.74, 6) is 0.572. The molecule has 0 fully saturated rings. The van der Waals surface area contributed by atoms with E-state index in [1.807, 2.05) is 22.7 Å². The van der Waals surface area contributed by atoms with Crippen LogP contribution >= 0.6 is 22.7 Å². The van der Waals surface area contributed by atoms with Crippen LogP contribution in [0.2, 0.25) is 0 Å². The van der Waals surface area contributed by atoms with E-state index in [1.165, 1.54) is 90.4 Å². The lowest BCUT2D eigenvalue weighted by atomic mass is 9.92. The molecule has 0 amide bonds. The highest BCUT2D eigenvalue weighted by Gasteiger charge is 2.19. The van der Waals surface area contributed by atoms with E-state index in [2.05, 4.69) is 151 Å². The molecule has 218 valence electrons. The Morgan fingerprint density at radius 2 is 1.11 bits per heavy atom. The van der Waals surface area contributed by atoms with Gasteiger partial charge in [0.15, 0.2) is 0 Å². The van der Waals surface area contributed by atoms with Gasteiger partial charge < -0.3 is 4.57 Å². The third-order valence-electron chi connectivity index (χ3n) is 9.72. The molecule has 0 N–H and O–H groups in total. The van der Waals surface area contributed by atoms with Gasteiger partial charge in [-0.05, 0) is 112 Å². The zero-order valence-corrected chi connectivity index (χ0v) is 27.0. The standard InChI is InChI=1S/C43H29NS2/c1-26-14-17-41-35(20-26)37-25-28(16-19-43(37)46-41)30-21-29(27-15-18-42-36(24-27)34-10-4-7-13-40(34)45-42)22-31(23-30)44-38-11-5-2-8-32(38)33-9-3-6-12-39(33)44/h2-19,21-26H,20H2,1H3. The molecule has 0 aliphatic heterocycles. The van der Waals surface area contributed by atoms with Crippen molar-refractivity contribution in [2.45, 2.75) is 13.3 Å². The number of hydrogen-bond acceptors (Lipinski definition) is 2. The fraction of sp³-hybridized carbons (Fsp3) is 0.0698. The first-order valence-corrected chi connectivity index (χ1v) is 17.6. The number of thiophene rings is 2. The molecular formula is C43H29NS2. The van der Waals surface area contributed by atoms with Gasteiger partial charge in [0.25, 0.3) is 0 Å². The summed E-state index contributed by atoms with van der Waals surface area (Å²) in [5, 5.41) is 6.63. The molecule has 1 nitrogen and oxygen atoms in total. The molecule has 3 heteroatoms. The number of benzene rings is 6. The molecule has 1 aliphatic carbocycles. The lowest BCUT2D eigenvalue weighted by Gasteiger charge is -2.15. The third-order valence-corrected chi connectivity index (χ3v) is 12.1. The highest BCUT2D eigenvalue weighted by atomic mass is 32.1. The molecule has 9 aromatic rings. The first-order valence-electron chi connectivity index (χ1n) is 16.0. The molecule has 0 saturated carbocycles. The average molecular weight is 624 g/mol. The Hall–Kier alpha value is -4.96. The fourth-order valence-electron chi connectivity index (χ4n) is 7.51. The van der Waals surface area contributed by atoms with Crippen molar-refractivity contribution in [2.75, 3.05) is 0 Å². The quantitative estimate of drug-likeness (QED) is 0.184. The summed E-state index contributed by atoms with van der Waals surface area (Å²) in [6.45, 7) is 2.32. The van der Waals surface area contributed by atoms with Crippen LogP contribution in [-0.4, -0.2) is 4.57 Å². The number of nitrogens with zero attached hydrogens (tertiary/aromatic N) is 1. The number of hydrogen-bond donors (Lipinski definition) is 0. The minimum atomic E-state index is 0.572. The molecule has 3 heterocycles. The van der Waals surface area contributed by atoms with Crippen molar-refractivity contribution in [2.24, 2.45) is 5.92 Å². The van der Waals surface area contributed by atoms with Gasteiger partial charge in [0, 0.05) is 46.2 Å². The number of allylic oxidation sites excluding steroid dienone is 1. The van der Waals surface area contributed by atoms with E-state index in [-0.39, 0.29) is 0 Å². The Balaban J connectivity index is 1.24. The van der Waals surface area contributed by atoms with Gasteiger partial charge in [-0.3, -0.25) is 0 Å². The number of para-hydroxylation sites is 2. The van der Waals surface area contributed by atoms with E-state index in [1.54, 1.807) is 0 Å². The van der Waals surface area contributed by atoms with Crippen LogP contribution in [-0.2, 0) is 6.42 Å². The summed E-state index contributed by atoms with van der Waals surface area (Å²) < 4.78 is 6.50. The molecule has 0 saturated heterocycles. The second-order valence-electron chi connectivity index (χ2n) is 12.6. The van der Waals surface area contributed by atoms with Gasteiger partial charge in [0.2, 0.25) is 0 Å². The van der Waals surface area contributed by atoms with Crippen molar-refractivity contribution in [3.05, 3.63) is 144 Å². The van der Waals surface area contributed by atoms with Crippen molar-refractivity contribution in [1.29, 1.82) is 0 Å². The van der Waals surface area contributed by atoms with Gasteiger partial charge in [0.1, 0.15) is 0 Å². The van der Waals surface area contributed by atoms with Gasteiger partial charge in [-0.15, -0.1) is 22.7 Å². The highest BCUT2D eigenvalue weighted by Crippen LogP contribution is 2.42. The molecular weight excluding hydrogens is 595 g/mol. The third kappa shape index (κ3) is 3.99. The van der Waals surface area contributed by atoms with Crippen molar-refractivity contribution >= 4 is 80.8 Å². The smallest absolute Gasteiger partial charge is 0.0541 e. The largest absolute Gasteiger partial charge is 0.309 e. The van der Waals surface area contributed by atoms with Gasteiger partial charge >= 0.3 is 0 Å². The van der Waals surface area contributed by atoms with Crippen LogP contribution in [0, 0.1) is 5.92 Å². The van der Waals surface area contributed by atoms with E-state index in [9.17, 15) is 0 Å². The van der Waals surface area contributed by atoms with Gasteiger partial charge in [-0.2, -0.15) is 0 Å². The van der Waals surface area contributed by atoms with Gasteiger partial charge in [-0.25, -0.2) is 0 Å². The number of fused-ring (bicyclic) bond motifs is 9. The summed E-state index contributed by atoms with van der Waals surface area (Å²) in [4.78, 5) is 1.42. The summed E-state index contributed by atoms with van der Waals surface area (Å²) >= 11 is 3.80. The monoisotopic (exact) mass is 623 g/mol. The van der Waals surface area contributed by atoms with Crippen molar-refractivity contribution in [3.63, 3.8) is 0 Å². The molecule has 6 aromatic carbocycles. The van der Waals surface area contributed by atoms with Crippen LogP contribution in [0.3, 0.4) is 0 Å². The SMILES string of the molecule is CC1C=Cc2sc3ccc(-c4cc(-c5ccc6sc7ccccc7c6c5)cc(-n5c6ccccc6c6ccccc65)c4)cc3c2C1. The molecule has 46 heavy (non-hydrogen) atoms. The number of aromatic nitrogens is 1. The Kier molecular flexibility index (Phi) is 5.72. The maximum Gasteiger partial charge on any atom is 0.0541 e. The summed E-state index contributed by atoms with van der Waals surface area (Å²) in [5.41, 5.74) is 10.1. The second kappa shape index (κ2) is 10.0. The van der Waals surface area contributed by atoms with E-state index < -0.39 is 0 Å². The van der Waals surface area contributed by atoms with Gasteiger partial charge in [-0.1, -0.05) is 79.7 Å². The van der Waals surface area contributed by atoms with E-state index in [0.29, 0.717) is 5.92 Å². The summed E-state index contributed by atoms with van der Waals surface area (Å²) in [7, 11) is 0. The minimum absolute atomic E-state index is 0.572. The second-order valence-corrected chi connectivity index (χ2v) is 14.8. The summed E-state index contributed by atoms with van der Waals surface area (Å²) in [6, 6.07) is 47.7. The van der Waals surface area contributed by atoms with E-state index in [4.69, 9.17) is 0 Å². The normalized spacial score (nSPS) is 14.7. The molecule has 10 rings (SSSR count). The first-order chi connectivity index (χ1) is 22.7. The summed E-state index contributed by atoms with van der Waals surface area (Å²) in [6.07, 6.45) is 5.79. The average Bonchev–Trinajstić information content (AvgIpc) is 3.77. The Morgan fingerprint density at radius 1 is 0.522 bits per heavy atom. The predicted molar refractivity (Wildman–Crippen MR) is 202 cm³/mol. The van der Waals surface area contributed by atoms with E-state index in [0.717, 1.165) is 6.42 Å². The maximum absolute atomic E-state index is 2.45. The van der Waals surface area contributed by atoms with Crippen LogP contribution in [0.4, 0.5) is 0 Å². The van der Waals surface area contributed by atoms with Crippen molar-refractivity contribution < 1.29 is 0 Å². The number of rotatable bonds is 3. The first kappa shape index (κ1) is 26.3. The van der Waals surface area contributed by atoms with Crippen LogP contribution < -0.4 is 0 Å². The van der Waals surface area contributed by atoms with E-state index >= 15 is 0 Å². The minimum Gasteiger partial charge on any atom is -0.309 e. The molecule has 0 spiro atoms. The predicted octanol–water partition coefficient (Wildman–Crippen LogP) is 12.9. The molecule has 0 bridgehead atoms. The Bertz CT molecular complexity index is 2640.